The van der Waals surface area contributed by atoms with Crippen LogP contribution < -0.4 is 5.19 Å². The second-order valence-corrected chi connectivity index (χ2v) is 9.59. The van der Waals surface area contributed by atoms with E-state index in [0.717, 1.165) is 5.92 Å². The summed E-state index contributed by atoms with van der Waals surface area (Å²) in [6.07, 6.45) is 12.6. The Kier molecular flexibility index (Phi) is 5.35. The molecule has 3 rings (SSSR count). The van der Waals surface area contributed by atoms with E-state index < -0.39 is 0 Å². The van der Waals surface area contributed by atoms with Gasteiger partial charge >= 0.3 is 0 Å². The molecule has 0 N–H and O–H groups in total. The zero-order valence-electron chi connectivity index (χ0n) is 14.3. The Labute approximate surface area is 138 Å². The Morgan fingerprint density at radius 1 is 1.05 bits per heavy atom. The van der Waals surface area contributed by atoms with E-state index in [-0.39, 0.29) is 9.52 Å². The van der Waals surface area contributed by atoms with Gasteiger partial charge in [-0.3, -0.25) is 0 Å². The van der Waals surface area contributed by atoms with Gasteiger partial charge in [-0.15, -0.1) is 0 Å². The summed E-state index contributed by atoms with van der Waals surface area (Å²) in [6, 6.07) is 11.2. The first-order valence-corrected chi connectivity index (χ1v) is 10.6. The predicted octanol–water partition coefficient (Wildman–Crippen LogP) is 4.69. The first kappa shape index (κ1) is 15.8. The normalized spacial score (nSPS) is 20.4. The van der Waals surface area contributed by atoms with Crippen LogP contribution in [0.1, 0.15) is 58.8 Å². The Balaban J connectivity index is 1.67. The first-order chi connectivity index (χ1) is 10.7. The Morgan fingerprint density at radius 3 is 2.45 bits per heavy atom. The topological polar surface area (TPSA) is 0 Å². The summed E-state index contributed by atoms with van der Waals surface area (Å²) in [6.45, 7) is 4.74. The molecular formula is C21H30Si. The van der Waals surface area contributed by atoms with Crippen molar-refractivity contribution in [2.75, 3.05) is 0 Å². The van der Waals surface area contributed by atoms with E-state index in [1.807, 2.05) is 5.20 Å². The van der Waals surface area contributed by atoms with Crippen molar-refractivity contribution in [2.24, 2.45) is 11.8 Å². The molecule has 0 unspecified atom stereocenters. The molecule has 22 heavy (non-hydrogen) atoms. The molecule has 2 aliphatic rings. The third-order valence-electron chi connectivity index (χ3n) is 5.37. The van der Waals surface area contributed by atoms with E-state index in [9.17, 15) is 0 Å². The summed E-state index contributed by atoms with van der Waals surface area (Å²) in [5.74, 6) is 1.67. The van der Waals surface area contributed by atoms with Gasteiger partial charge in [0.1, 0.15) is 0 Å². The van der Waals surface area contributed by atoms with Crippen molar-refractivity contribution < 1.29 is 0 Å². The van der Waals surface area contributed by atoms with Crippen molar-refractivity contribution in [3.63, 3.8) is 0 Å². The van der Waals surface area contributed by atoms with Crippen molar-refractivity contribution in [3.8, 4) is 0 Å². The molecule has 1 aromatic rings. The van der Waals surface area contributed by atoms with Crippen LogP contribution in [0.15, 0.2) is 52.8 Å². The van der Waals surface area contributed by atoms with Gasteiger partial charge in [-0.25, -0.2) is 0 Å². The number of allylic oxidation sites excluding steroid dienone is 4. The van der Waals surface area contributed by atoms with E-state index in [0.29, 0.717) is 5.92 Å². The van der Waals surface area contributed by atoms with E-state index in [4.69, 9.17) is 0 Å². The fourth-order valence-corrected chi connectivity index (χ4v) is 6.39. The van der Waals surface area contributed by atoms with Crippen LogP contribution in [0.25, 0.3) is 0 Å². The fraction of sp³-hybridized carbons (Fsp3) is 0.524. The maximum Gasteiger partial charge on any atom is 0.0832 e. The molecule has 0 aliphatic heterocycles. The smallest absolute Gasteiger partial charge is 0.0752 e. The molecule has 1 saturated carbocycles. The highest BCUT2D eigenvalue weighted by Crippen LogP contribution is 2.36. The second-order valence-electron chi connectivity index (χ2n) is 7.56. The fourth-order valence-electron chi connectivity index (χ4n) is 4.22. The van der Waals surface area contributed by atoms with Crippen molar-refractivity contribution >= 4 is 14.7 Å². The SMILES string of the molecule is CC(C)C1=C([SiH2]c2ccccc2)CC(CC2CCCCC2)=C1. The summed E-state index contributed by atoms with van der Waals surface area (Å²) in [5, 5.41) is 3.41. The van der Waals surface area contributed by atoms with E-state index in [1.165, 1.54) is 44.9 Å². The van der Waals surface area contributed by atoms with E-state index in [1.54, 1.807) is 16.3 Å². The Morgan fingerprint density at radius 2 is 1.77 bits per heavy atom. The molecular weight excluding hydrogens is 280 g/mol. The first-order valence-electron chi connectivity index (χ1n) is 9.17. The summed E-state index contributed by atoms with van der Waals surface area (Å²) in [4.78, 5) is 0. The highest BCUT2D eigenvalue weighted by atomic mass is 28.2. The number of hydrogen-bond acceptors (Lipinski definition) is 0. The number of benzene rings is 1. The molecule has 118 valence electrons. The van der Waals surface area contributed by atoms with Crippen LogP contribution in [0, 0.1) is 11.8 Å². The van der Waals surface area contributed by atoms with Gasteiger partial charge in [0.25, 0.3) is 0 Å². The van der Waals surface area contributed by atoms with Gasteiger partial charge < -0.3 is 0 Å². The molecule has 0 radical (unpaired) electrons. The lowest BCUT2D eigenvalue weighted by Crippen LogP contribution is -2.17. The summed E-state index contributed by atoms with van der Waals surface area (Å²) in [5.41, 5.74) is 3.43. The molecule has 0 saturated heterocycles. The van der Waals surface area contributed by atoms with Gasteiger partial charge in [0, 0.05) is 0 Å². The quantitative estimate of drug-likeness (QED) is 0.692. The van der Waals surface area contributed by atoms with Crippen molar-refractivity contribution in [3.05, 3.63) is 52.8 Å². The summed E-state index contributed by atoms with van der Waals surface area (Å²) >= 11 is 0. The molecule has 1 fully saturated rings. The minimum absolute atomic E-state index is 0.267. The highest BCUT2D eigenvalue weighted by molar-refractivity contribution is 6.61. The van der Waals surface area contributed by atoms with E-state index in [2.05, 4.69) is 50.3 Å². The molecule has 0 nitrogen and oxygen atoms in total. The summed E-state index contributed by atoms with van der Waals surface area (Å²) in [7, 11) is -0.267. The van der Waals surface area contributed by atoms with Gasteiger partial charge in [-0.05, 0) is 24.7 Å². The monoisotopic (exact) mass is 310 g/mol. The van der Waals surface area contributed by atoms with Crippen LogP contribution in [-0.4, -0.2) is 9.52 Å². The minimum atomic E-state index is -0.267. The van der Waals surface area contributed by atoms with Crippen molar-refractivity contribution in [2.45, 2.75) is 58.8 Å². The average Bonchev–Trinajstić information content (AvgIpc) is 2.92. The molecule has 0 bridgehead atoms. The third-order valence-corrected chi connectivity index (χ3v) is 7.33. The van der Waals surface area contributed by atoms with Crippen LogP contribution in [-0.2, 0) is 0 Å². The molecule has 0 atom stereocenters. The Bertz CT molecular complexity index is 545. The van der Waals surface area contributed by atoms with Crippen molar-refractivity contribution in [1.29, 1.82) is 0 Å². The molecule has 2 aliphatic carbocycles. The standard InChI is InChI=1S/C21H30Si/c1-16(2)20-14-18(13-17-9-5-3-6-10-17)15-21(20)22-19-11-7-4-8-12-19/h4,7-8,11-12,14,16-17H,3,5-6,9-10,13,15,22H2,1-2H3. The molecule has 0 aromatic heterocycles. The lowest BCUT2D eigenvalue weighted by atomic mass is 9.84. The maximum atomic E-state index is 2.59. The molecule has 0 amide bonds. The van der Waals surface area contributed by atoms with E-state index >= 15 is 0 Å². The van der Waals surface area contributed by atoms with Crippen LogP contribution in [0.3, 0.4) is 0 Å². The van der Waals surface area contributed by atoms with Crippen LogP contribution >= 0.6 is 0 Å². The molecule has 0 heterocycles. The summed E-state index contributed by atoms with van der Waals surface area (Å²) < 4.78 is 0. The van der Waals surface area contributed by atoms with Crippen LogP contribution in [0.2, 0.25) is 0 Å². The average molecular weight is 311 g/mol. The maximum absolute atomic E-state index is 2.59. The Hall–Kier alpha value is -1.08. The number of hydrogen-bond donors (Lipinski definition) is 0. The van der Waals surface area contributed by atoms with Gasteiger partial charge in [0.2, 0.25) is 0 Å². The van der Waals surface area contributed by atoms with Gasteiger partial charge in [-0.1, -0.05) is 104 Å². The zero-order valence-corrected chi connectivity index (χ0v) is 15.7. The minimum Gasteiger partial charge on any atom is -0.0752 e. The van der Waals surface area contributed by atoms with Crippen molar-refractivity contribution in [1.82, 2.24) is 0 Å². The largest absolute Gasteiger partial charge is 0.0832 e. The van der Waals surface area contributed by atoms with Gasteiger partial charge in [0.15, 0.2) is 0 Å². The lowest BCUT2D eigenvalue weighted by molar-refractivity contribution is 0.355. The third kappa shape index (κ3) is 4.01. The molecule has 0 spiro atoms. The van der Waals surface area contributed by atoms with Gasteiger partial charge in [-0.2, -0.15) is 0 Å². The molecule has 1 aromatic carbocycles. The van der Waals surface area contributed by atoms with Crippen LogP contribution in [0.5, 0.6) is 0 Å². The second kappa shape index (κ2) is 7.46. The molecule has 1 heteroatoms. The number of rotatable bonds is 5. The van der Waals surface area contributed by atoms with Gasteiger partial charge in [0.05, 0.1) is 9.52 Å². The predicted molar refractivity (Wildman–Crippen MR) is 100 cm³/mol. The van der Waals surface area contributed by atoms with Crippen LogP contribution in [0.4, 0.5) is 0 Å². The lowest BCUT2D eigenvalue weighted by Gasteiger charge is -2.22. The highest BCUT2D eigenvalue weighted by Gasteiger charge is 2.22. The zero-order chi connectivity index (χ0) is 15.4.